The molecule has 1 aromatic carbocycles. The second-order valence-electron chi connectivity index (χ2n) is 5.11. The third-order valence-electron chi connectivity index (χ3n) is 3.83. The summed E-state index contributed by atoms with van der Waals surface area (Å²) in [4.78, 5) is 18.3. The number of nitrogens with two attached hydrogens (primary N) is 1. The zero-order chi connectivity index (χ0) is 13.9. The van der Waals surface area contributed by atoms with Crippen molar-refractivity contribution >= 4 is 24.0 Å². The third-order valence-corrected chi connectivity index (χ3v) is 3.83. The average molecular weight is 304 g/mol. The number of hydrogen-bond donors (Lipinski definition) is 1. The van der Waals surface area contributed by atoms with E-state index in [-0.39, 0.29) is 18.3 Å². The average Bonchev–Trinajstić information content (AvgIpc) is 2.98. The Balaban J connectivity index is 0.00000161. The Morgan fingerprint density at radius 3 is 2.71 bits per heavy atom. The normalized spacial score (nSPS) is 17.3. The molecule has 1 unspecified atom stereocenters. The van der Waals surface area contributed by atoms with Gasteiger partial charge >= 0.3 is 0 Å². The van der Waals surface area contributed by atoms with Gasteiger partial charge in [0.15, 0.2) is 0 Å². The molecule has 0 saturated carbocycles. The van der Waals surface area contributed by atoms with Crippen LogP contribution in [0.3, 0.4) is 0 Å². The number of carbonyl (C=O) groups is 1. The standard InChI is InChI=1S/C16H17N3O.ClH/c17-15-6-8-18-10-14(15)16(20)19-9-7-13(11-19)12-4-2-1-3-5-12;/h1-6,8,10,13H,7,9,11H2,(H2,17,18);1H. The fourth-order valence-corrected chi connectivity index (χ4v) is 2.70. The zero-order valence-corrected chi connectivity index (χ0v) is 12.4. The van der Waals surface area contributed by atoms with Gasteiger partial charge < -0.3 is 10.6 Å². The first-order chi connectivity index (χ1) is 9.75. The summed E-state index contributed by atoms with van der Waals surface area (Å²) >= 11 is 0. The van der Waals surface area contributed by atoms with Crippen molar-refractivity contribution < 1.29 is 4.79 Å². The first-order valence-corrected chi connectivity index (χ1v) is 6.79. The molecule has 110 valence electrons. The van der Waals surface area contributed by atoms with E-state index in [1.165, 1.54) is 5.56 Å². The van der Waals surface area contributed by atoms with Crippen molar-refractivity contribution in [2.45, 2.75) is 12.3 Å². The molecule has 2 aromatic rings. The third kappa shape index (κ3) is 3.16. The number of anilines is 1. The number of halogens is 1. The monoisotopic (exact) mass is 303 g/mol. The number of nitrogens with zero attached hydrogens (tertiary/aromatic N) is 2. The fourth-order valence-electron chi connectivity index (χ4n) is 2.70. The minimum Gasteiger partial charge on any atom is -0.398 e. The molecule has 3 rings (SSSR count). The lowest BCUT2D eigenvalue weighted by Gasteiger charge is -2.17. The van der Waals surface area contributed by atoms with Crippen molar-refractivity contribution in [3.63, 3.8) is 0 Å². The van der Waals surface area contributed by atoms with E-state index >= 15 is 0 Å². The highest BCUT2D eigenvalue weighted by atomic mass is 35.5. The number of rotatable bonds is 2. The lowest BCUT2D eigenvalue weighted by atomic mass is 9.99. The van der Waals surface area contributed by atoms with E-state index in [1.807, 2.05) is 23.1 Å². The van der Waals surface area contributed by atoms with Gasteiger partial charge in [-0.15, -0.1) is 12.4 Å². The number of hydrogen-bond acceptors (Lipinski definition) is 3. The number of amides is 1. The van der Waals surface area contributed by atoms with Gasteiger partial charge in [-0.3, -0.25) is 9.78 Å². The van der Waals surface area contributed by atoms with Gasteiger partial charge in [-0.2, -0.15) is 0 Å². The molecule has 1 saturated heterocycles. The van der Waals surface area contributed by atoms with E-state index in [2.05, 4.69) is 17.1 Å². The Bertz CT molecular complexity index is 618. The number of pyridine rings is 1. The van der Waals surface area contributed by atoms with Crippen LogP contribution in [0.25, 0.3) is 0 Å². The van der Waals surface area contributed by atoms with E-state index in [4.69, 9.17) is 5.73 Å². The molecule has 4 nitrogen and oxygen atoms in total. The first kappa shape index (κ1) is 15.3. The van der Waals surface area contributed by atoms with Crippen LogP contribution < -0.4 is 5.73 Å². The summed E-state index contributed by atoms with van der Waals surface area (Å²) in [6, 6.07) is 12.0. The van der Waals surface area contributed by atoms with Crippen molar-refractivity contribution in [1.29, 1.82) is 0 Å². The minimum absolute atomic E-state index is 0. The van der Waals surface area contributed by atoms with E-state index in [1.54, 1.807) is 18.5 Å². The van der Waals surface area contributed by atoms with Crippen molar-refractivity contribution in [2.24, 2.45) is 0 Å². The topological polar surface area (TPSA) is 59.2 Å². The lowest BCUT2D eigenvalue weighted by Crippen LogP contribution is -2.29. The predicted octanol–water partition coefficient (Wildman–Crippen LogP) is 2.72. The van der Waals surface area contributed by atoms with Crippen LogP contribution in [0.15, 0.2) is 48.8 Å². The van der Waals surface area contributed by atoms with Crippen molar-refractivity contribution in [3.8, 4) is 0 Å². The highest BCUT2D eigenvalue weighted by molar-refractivity contribution is 5.98. The molecule has 1 atom stereocenters. The van der Waals surface area contributed by atoms with Gasteiger partial charge in [0.05, 0.1) is 5.56 Å². The molecule has 1 aliphatic heterocycles. The molecule has 1 amide bonds. The van der Waals surface area contributed by atoms with Crippen LogP contribution in [0, 0.1) is 0 Å². The largest absolute Gasteiger partial charge is 0.398 e. The molecule has 1 fully saturated rings. The summed E-state index contributed by atoms with van der Waals surface area (Å²) in [6.07, 6.45) is 4.15. The number of carbonyl (C=O) groups excluding carboxylic acids is 1. The van der Waals surface area contributed by atoms with Crippen LogP contribution in [0.2, 0.25) is 0 Å². The van der Waals surface area contributed by atoms with Gasteiger partial charge in [0.1, 0.15) is 0 Å². The zero-order valence-electron chi connectivity index (χ0n) is 11.6. The van der Waals surface area contributed by atoms with Crippen molar-refractivity contribution in [3.05, 3.63) is 59.9 Å². The highest BCUT2D eigenvalue weighted by Gasteiger charge is 2.28. The van der Waals surface area contributed by atoms with Gasteiger partial charge in [-0.1, -0.05) is 30.3 Å². The van der Waals surface area contributed by atoms with Crippen molar-refractivity contribution in [1.82, 2.24) is 9.88 Å². The van der Waals surface area contributed by atoms with Gasteiger partial charge in [0.25, 0.3) is 5.91 Å². The molecule has 5 heteroatoms. The summed E-state index contributed by atoms with van der Waals surface area (Å²) in [5.41, 5.74) is 8.14. The molecule has 1 aliphatic rings. The first-order valence-electron chi connectivity index (χ1n) is 6.79. The summed E-state index contributed by atoms with van der Waals surface area (Å²) in [7, 11) is 0. The van der Waals surface area contributed by atoms with Crippen LogP contribution in [0.1, 0.15) is 28.3 Å². The molecule has 0 radical (unpaired) electrons. The minimum atomic E-state index is -0.0194. The Labute approximate surface area is 130 Å². The number of aromatic nitrogens is 1. The number of benzene rings is 1. The van der Waals surface area contributed by atoms with E-state index in [0.717, 1.165) is 19.5 Å². The Morgan fingerprint density at radius 1 is 1.24 bits per heavy atom. The van der Waals surface area contributed by atoms with E-state index in [9.17, 15) is 4.79 Å². The molecule has 1 aromatic heterocycles. The Hall–Kier alpha value is -2.07. The summed E-state index contributed by atoms with van der Waals surface area (Å²) in [6.45, 7) is 1.52. The Morgan fingerprint density at radius 2 is 2.00 bits per heavy atom. The molecule has 0 aliphatic carbocycles. The molecular weight excluding hydrogens is 286 g/mol. The molecule has 2 heterocycles. The Kier molecular flexibility index (Phi) is 4.81. The second kappa shape index (κ2) is 6.59. The second-order valence-corrected chi connectivity index (χ2v) is 5.11. The maximum absolute atomic E-state index is 12.5. The lowest BCUT2D eigenvalue weighted by molar-refractivity contribution is 0.0791. The summed E-state index contributed by atoms with van der Waals surface area (Å²) in [5.74, 6) is 0.395. The SMILES string of the molecule is Cl.Nc1ccncc1C(=O)N1CCC(c2ccccc2)C1. The summed E-state index contributed by atoms with van der Waals surface area (Å²) < 4.78 is 0. The van der Waals surface area contributed by atoms with E-state index < -0.39 is 0 Å². The van der Waals surface area contributed by atoms with Crippen molar-refractivity contribution in [2.75, 3.05) is 18.8 Å². The van der Waals surface area contributed by atoms with Crippen LogP contribution >= 0.6 is 12.4 Å². The number of likely N-dealkylation sites (tertiary alicyclic amines) is 1. The quantitative estimate of drug-likeness (QED) is 0.928. The van der Waals surface area contributed by atoms with Crippen LogP contribution in [-0.2, 0) is 0 Å². The summed E-state index contributed by atoms with van der Waals surface area (Å²) in [5, 5.41) is 0. The molecule has 2 N–H and O–H groups in total. The molecule has 0 bridgehead atoms. The molecule has 0 spiro atoms. The van der Waals surface area contributed by atoms with Crippen LogP contribution in [0.5, 0.6) is 0 Å². The highest BCUT2D eigenvalue weighted by Crippen LogP contribution is 2.28. The number of nitrogen functional groups attached to an aromatic ring is 1. The van der Waals surface area contributed by atoms with Gasteiger partial charge in [-0.05, 0) is 18.1 Å². The predicted molar refractivity (Wildman–Crippen MR) is 85.6 cm³/mol. The molecular formula is C16H18ClN3O. The maximum atomic E-state index is 12.5. The van der Waals surface area contributed by atoms with Crippen LogP contribution in [0.4, 0.5) is 5.69 Å². The van der Waals surface area contributed by atoms with Crippen LogP contribution in [-0.4, -0.2) is 28.9 Å². The van der Waals surface area contributed by atoms with Gasteiger partial charge in [0, 0.05) is 37.1 Å². The van der Waals surface area contributed by atoms with Gasteiger partial charge in [-0.25, -0.2) is 0 Å². The smallest absolute Gasteiger partial charge is 0.257 e. The molecule has 21 heavy (non-hydrogen) atoms. The van der Waals surface area contributed by atoms with E-state index in [0.29, 0.717) is 17.2 Å². The maximum Gasteiger partial charge on any atom is 0.257 e. The fraction of sp³-hybridized carbons (Fsp3) is 0.250. The van der Waals surface area contributed by atoms with Gasteiger partial charge in [0.2, 0.25) is 0 Å².